The van der Waals surface area contributed by atoms with Crippen LogP contribution in [0, 0.1) is 5.92 Å². The number of hydrogen-bond acceptors (Lipinski definition) is 4. The molecule has 1 aliphatic carbocycles. The van der Waals surface area contributed by atoms with Gasteiger partial charge in [-0.2, -0.15) is 0 Å². The number of likely N-dealkylation sites (tertiary alicyclic amines) is 1. The first-order valence-corrected chi connectivity index (χ1v) is 10.1. The molecule has 3 heterocycles. The van der Waals surface area contributed by atoms with E-state index < -0.39 is 0 Å². The molecule has 0 radical (unpaired) electrons. The molecule has 1 atom stereocenters. The van der Waals surface area contributed by atoms with Crippen LogP contribution in [0.4, 0.5) is 0 Å². The fraction of sp³-hybridized carbons (Fsp3) is 0.789. The fourth-order valence-corrected chi connectivity index (χ4v) is 4.84. The summed E-state index contributed by atoms with van der Waals surface area (Å²) in [5.74, 6) is 2.84. The highest BCUT2D eigenvalue weighted by Crippen LogP contribution is 2.32. The van der Waals surface area contributed by atoms with E-state index in [2.05, 4.69) is 14.8 Å². The van der Waals surface area contributed by atoms with Crippen molar-refractivity contribution in [2.24, 2.45) is 5.92 Å². The average Bonchev–Trinajstić information content (AvgIpc) is 3.33. The zero-order valence-corrected chi connectivity index (χ0v) is 15.7. The Bertz CT molecular complexity index is 679. The minimum Gasteiger partial charge on any atom is -0.340 e. The number of aromatic nitrogens is 3. The molecule has 3 aliphatic rings. The fourth-order valence-electron chi connectivity index (χ4n) is 4.84. The molecule has 0 unspecified atom stereocenters. The second kappa shape index (κ2) is 7.37. The Hall–Kier alpha value is -1.92. The predicted octanol–water partition coefficient (Wildman–Crippen LogP) is 1.93. The Kier molecular flexibility index (Phi) is 4.96. The third kappa shape index (κ3) is 3.35. The molecule has 7 heteroatoms. The molecule has 1 saturated carbocycles. The van der Waals surface area contributed by atoms with E-state index in [0.29, 0.717) is 18.2 Å². The average molecular weight is 359 g/mol. The lowest BCUT2D eigenvalue weighted by Gasteiger charge is -2.24. The third-order valence-corrected chi connectivity index (χ3v) is 6.30. The number of amides is 2. The predicted molar refractivity (Wildman–Crippen MR) is 96.2 cm³/mol. The molecule has 142 valence electrons. The van der Waals surface area contributed by atoms with Crippen molar-refractivity contribution in [3.8, 4) is 0 Å². The summed E-state index contributed by atoms with van der Waals surface area (Å²) in [6, 6.07) is 0.0366. The standard InChI is InChI=1S/C19H29N5O2/c1-14(25)23-9-4-7-16(23)19-21-20-17-8-10-22(11-12-24(17)19)18(26)13-15-5-2-3-6-15/h15-16H,2-13H2,1H3/t16-/m0/s1. The highest BCUT2D eigenvalue weighted by Gasteiger charge is 2.33. The zero-order valence-electron chi connectivity index (χ0n) is 15.7. The van der Waals surface area contributed by atoms with Gasteiger partial charge in [-0.3, -0.25) is 9.59 Å². The van der Waals surface area contributed by atoms with Crippen LogP contribution in [0.5, 0.6) is 0 Å². The topological polar surface area (TPSA) is 71.3 Å². The Morgan fingerprint density at radius 1 is 1.00 bits per heavy atom. The summed E-state index contributed by atoms with van der Waals surface area (Å²) in [7, 11) is 0. The van der Waals surface area contributed by atoms with Gasteiger partial charge in [0.05, 0.1) is 6.04 Å². The highest BCUT2D eigenvalue weighted by molar-refractivity contribution is 5.76. The normalized spacial score (nSPS) is 24.0. The molecule has 0 spiro atoms. The van der Waals surface area contributed by atoms with Crippen LogP contribution < -0.4 is 0 Å². The zero-order chi connectivity index (χ0) is 18.1. The van der Waals surface area contributed by atoms with Gasteiger partial charge in [0.15, 0.2) is 5.82 Å². The van der Waals surface area contributed by atoms with E-state index in [-0.39, 0.29) is 11.9 Å². The van der Waals surface area contributed by atoms with Crippen molar-refractivity contribution in [3.05, 3.63) is 11.6 Å². The summed E-state index contributed by atoms with van der Waals surface area (Å²) in [4.78, 5) is 28.5. The van der Waals surface area contributed by atoms with E-state index >= 15 is 0 Å². The van der Waals surface area contributed by atoms with Crippen LogP contribution in [-0.2, 0) is 22.6 Å². The number of hydrogen-bond donors (Lipinski definition) is 0. The van der Waals surface area contributed by atoms with E-state index in [1.165, 1.54) is 25.7 Å². The molecular weight excluding hydrogens is 330 g/mol. The SMILES string of the molecule is CC(=O)N1CCC[C@H]1c1nnc2n1CCN(C(=O)CC1CCCC1)CC2. The monoisotopic (exact) mass is 359 g/mol. The molecule has 1 aromatic heterocycles. The van der Waals surface area contributed by atoms with Crippen LogP contribution in [0.2, 0.25) is 0 Å². The lowest BCUT2D eigenvalue weighted by molar-refractivity contribution is -0.132. The van der Waals surface area contributed by atoms with Crippen molar-refractivity contribution in [3.63, 3.8) is 0 Å². The van der Waals surface area contributed by atoms with Crippen molar-refractivity contribution >= 4 is 11.8 Å². The first-order chi connectivity index (χ1) is 12.6. The number of carbonyl (C=O) groups is 2. The molecule has 2 amide bonds. The maximum absolute atomic E-state index is 12.7. The number of nitrogens with zero attached hydrogens (tertiary/aromatic N) is 5. The van der Waals surface area contributed by atoms with E-state index in [9.17, 15) is 9.59 Å². The van der Waals surface area contributed by atoms with Crippen molar-refractivity contribution in [2.75, 3.05) is 19.6 Å². The minimum atomic E-state index is 0.0366. The van der Waals surface area contributed by atoms with Gasteiger partial charge in [-0.25, -0.2) is 0 Å². The molecule has 0 bridgehead atoms. The van der Waals surface area contributed by atoms with Gasteiger partial charge in [-0.15, -0.1) is 10.2 Å². The summed E-state index contributed by atoms with van der Waals surface area (Å²) in [6.07, 6.45) is 8.37. The van der Waals surface area contributed by atoms with Gasteiger partial charge in [0, 0.05) is 45.9 Å². The molecule has 7 nitrogen and oxygen atoms in total. The lowest BCUT2D eigenvalue weighted by Crippen LogP contribution is -2.35. The Balaban J connectivity index is 1.44. The number of fused-ring (bicyclic) bond motifs is 1. The van der Waals surface area contributed by atoms with E-state index in [1.807, 2.05) is 9.80 Å². The molecule has 1 saturated heterocycles. The first kappa shape index (κ1) is 17.5. The minimum absolute atomic E-state index is 0.0366. The number of carbonyl (C=O) groups excluding carboxylic acids is 2. The maximum atomic E-state index is 12.7. The molecule has 0 aromatic carbocycles. The van der Waals surface area contributed by atoms with Crippen molar-refractivity contribution in [1.82, 2.24) is 24.6 Å². The Labute approximate surface area is 154 Å². The van der Waals surface area contributed by atoms with Crippen LogP contribution in [0.15, 0.2) is 0 Å². The Morgan fingerprint density at radius 2 is 1.81 bits per heavy atom. The maximum Gasteiger partial charge on any atom is 0.222 e. The van der Waals surface area contributed by atoms with Crippen LogP contribution in [0.3, 0.4) is 0 Å². The van der Waals surface area contributed by atoms with Crippen molar-refractivity contribution in [2.45, 2.75) is 70.9 Å². The summed E-state index contributed by atoms with van der Waals surface area (Å²) >= 11 is 0. The van der Waals surface area contributed by atoms with Gasteiger partial charge >= 0.3 is 0 Å². The largest absolute Gasteiger partial charge is 0.340 e. The molecule has 1 aromatic rings. The van der Waals surface area contributed by atoms with Crippen LogP contribution in [-0.4, -0.2) is 56.0 Å². The highest BCUT2D eigenvalue weighted by atomic mass is 16.2. The lowest BCUT2D eigenvalue weighted by atomic mass is 10.0. The Morgan fingerprint density at radius 3 is 2.58 bits per heavy atom. The smallest absolute Gasteiger partial charge is 0.222 e. The van der Waals surface area contributed by atoms with E-state index in [1.54, 1.807) is 6.92 Å². The van der Waals surface area contributed by atoms with Gasteiger partial charge in [-0.05, 0) is 31.6 Å². The summed E-state index contributed by atoms with van der Waals surface area (Å²) < 4.78 is 2.16. The van der Waals surface area contributed by atoms with E-state index in [0.717, 1.165) is 57.1 Å². The van der Waals surface area contributed by atoms with Gasteiger partial charge in [0.2, 0.25) is 11.8 Å². The number of rotatable bonds is 3. The molecule has 2 aliphatic heterocycles. The third-order valence-electron chi connectivity index (χ3n) is 6.30. The molecule has 26 heavy (non-hydrogen) atoms. The second-order valence-corrected chi connectivity index (χ2v) is 7.98. The van der Waals surface area contributed by atoms with Gasteiger partial charge in [-0.1, -0.05) is 12.8 Å². The molecule has 4 rings (SSSR count). The first-order valence-electron chi connectivity index (χ1n) is 10.1. The van der Waals surface area contributed by atoms with Gasteiger partial charge < -0.3 is 14.4 Å². The van der Waals surface area contributed by atoms with E-state index in [4.69, 9.17) is 0 Å². The molecular formula is C19H29N5O2. The van der Waals surface area contributed by atoms with Crippen LogP contribution in [0.25, 0.3) is 0 Å². The quantitative estimate of drug-likeness (QED) is 0.827. The van der Waals surface area contributed by atoms with Gasteiger partial charge in [0.1, 0.15) is 5.82 Å². The summed E-state index contributed by atoms with van der Waals surface area (Å²) in [6.45, 7) is 4.60. The second-order valence-electron chi connectivity index (χ2n) is 7.98. The van der Waals surface area contributed by atoms with Gasteiger partial charge in [0.25, 0.3) is 0 Å². The summed E-state index contributed by atoms with van der Waals surface area (Å²) in [5, 5.41) is 8.81. The van der Waals surface area contributed by atoms with Crippen molar-refractivity contribution in [1.29, 1.82) is 0 Å². The van der Waals surface area contributed by atoms with Crippen molar-refractivity contribution < 1.29 is 9.59 Å². The molecule has 0 N–H and O–H groups in total. The summed E-state index contributed by atoms with van der Waals surface area (Å²) in [5.41, 5.74) is 0. The van der Waals surface area contributed by atoms with Crippen LogP contribution >= 0.6 is 0 Å². The van der Waals surface area contributed by atoms with Crippen LogP contribution in [0.1, 0.15) is 69.6 Å². The molecule has 2 fully saturated rings.